The smallest absolute Gasteiger partial charge is 0.160 e. The number of aromatic hydroxyl groups is 1. The molecule has 96 valence electrons. The number of aromatic nitrogens is 3. The Labute approximate surface area is 110 Å². The maximum Gasteiger partial charge on any atom is 0.160 e. The number of nitrogens with zero attached hydrogens (tertiary/aromatic N) is 3. The van der Waals surface area contributed by atoms with E-state index < -0.39 is 0 Å². The minimum absolute atomic E-state index is 0.102. The lowest BCUT2D eigenvalue weighted by Crippen LogP contribution is -1.93. The quantitative estimate of drug-likeness (QED) is 0.763. The van der Waals surface area contributed by atoms with Gasteiger partial charge in [0, 0.05) is 18.8 Å². The highest BCUT2D eigenvalue weighted by Gasteiger charge is 2.11. The Kier molecular flexibility index (Phi) is 2.59. The van der Waals surface area contributed by atoms with E-state index in [0.717, 1.165) is 22.4 Å². The third-order valence-corrected chi connectivity index (χ3v) is 3.12. The second-order valence-electron chi connectivity index (χ2n) is 4.25. The summed E-state index contributed by atoms with van der Waals surface area (Å²) in [5.74, 6) is 1.33. The molecule has 0 aliphatic rings. The van der Waals surface area contributed by atoms with Gasteiger partial charge in [-0.2, -0.15) is 0 Å². The maximum atomic E-state index is 9.84. The Balaban J connectivity index is 2.19. The summed E-state index contributed by atoms with van der Waals surface area (Å²) in [7, 11) is 3.45. The van der Waals surface area contributed by atoms with Crippen LogP contribution in [-0.2, 0) is 7.05 Å². The topological polar surface area (TPSA) is 60.2 Å². The molecule has 2 heterocycles. The second kappa shape index (κ2) is 4.28. The maximum absolute atomic E-state index is 9.84. The molecule has 5 nitrogen and oxygen atoms in total. The summed E-state index contributed by atoms with van der Waals surface area (Å²) in [6, 6.07) is 7.10. The van der Waals surface area contributed by atoms with Gasteiger partial charge in [-0.05, 0) is 24.3 Å². The lowest BCUT2D eigenvalue weighted by atomic mass is 10.2. The number of methoxy groups -OCH3 is 1. The molecule has 0 amide bonds. The SMILES string of the molecule is COc1ccc(-c2nc3ccncc3n2C)cc1O. The van der Waals surface area contributed by atoms with Crippen LogP contribution in [0.2, 0.25) is 0 Å². The fourth-order valence-corrected chi connectivity index (χ4v) is 2.12. The van der Waals surface area contributed by atoms with Crippen molar-refractivity contribution < 1.29 is 9.84 Å². The third-order valence-electron chi connectivity index (χ3n) is 3.12. The molecule has 0 atom stereocenters. The number of benzene rings is 1. The van der Waals surface area contributed by atoms with Crippen LogP contribution < -0.4 is 4.74 Å². The number of fused-ring (bicyclic) bond motifs is 1. The molecule has 19 heavy (non-hydrogen) atoms. The fourth-order valence-electron chi connectivity index (χ4n) is 2.12. The van der Waals surface area contributed by atoms with Crippen molar-refractivity contribution in [1.82, 2.24) is 14.5 Å². The van der Waals surface area contributed by atoms with E-state index in [2.05, 4.69) is 9.97 Å². The van der Waals surface area contributed by atoms with Crippen LogP contribution >= 0.6 is 0 Å². The number of rotatable bonds is 2. The molecular weight excluding hydrogens is 242 g/mol. The van der Waals surface area contributed by atoms with Crippen LogP contribution in [0.15, 0.2) is 36.7 Å². The van der Waals surface area contributed by atoms with Crippen LogP contribution in [0.1, 0.15) is 0 Å². The van der Waals surface area contributed by atoms with E-state index in [0.29, 0.717) is 5.75 Å². The van der Waals surface area contributed by atoms with E-state index >= 15 is 0 Å². The minimum Gasteiger partial charge on any atom is -0.504 e. The molecule has 3 rings (SSSR count). The highest BCUT2D eigenvalue weighted by molar-refractivity contribution is 5.80. The van der Waals surface area contributed by atoms with Gasteiger partial charge < -0.3 is 14.4 Å². The Morgan fingerprint density at radius 3 is 2.79 bits per heavy atom. The molecule has 1 aromatic carbocycles. The van der Waals surface area contributed by atoms with Crippen molar-refractivity contribution in [2.45, 2.75) is 0 Å². The van der Waals surface area contributed by atoms with E-state index in [1.807, 2.05) is 23.7 Å². The largest absolute Gasteiger partial charge is 0.504 e. The lowest BCUT2D eigenvalue weighted by molar-refractivity contribution is 0.373. The highest BCUT2D eigenvalue weighted by atomic mass is 16.5. The van der Waals surface area contributed by atoms with Crippen LogP contribution in [-0.4, -0.2) is 26.8 Å². The van der Waals surface area contributed by atoms with Crippen LogP contribution in [0, 0.1) is 0 Å². The Bertz CT molecular complexity index is 750. The minimum atomic E-state index is 0.102. The summed E-state index contributed by atoms with van der Waals surface area (Å²) >= 11 is 0. The molecule has 0 aliphatic heterocycles. The van der Waals surface area contributed by atoms with Gasteiger partial charge in [-0.25, -0.2) is 4.98 Å². The molecular formula is C14H13N3O2. The van der Waals surface area contributed by atoms with Crippen molar-refractivity contribution in [1.29, 1.82) is 0 Å². The molecule has 0 aliphatic carbocycles. The number of hydrogen-bond acceptors (Lipinski definition) is 4. The number of aryl methyl sites for hydroxylation is 1. The molecule has 0 saturated heterocycles. The molecule has 3 aromatic rings. The third kappa shape index (κ3) is 1.79. The van der Waals surface area contributed by atoms with Crippen molar-refractivity contribution >= 4 is 11.0 Å². The number of hydrogen-bond donors (Lipinski definition) is 1. The summed E-state index contributed by atoms with van der Waals surface area (Å²) in [6.45, 7) is 0. The fraction of sp³-hybridized carbons (Fsp3) is 0.143. The van der Waals surface area contributed by atoms with Gasteiger partial charge in [0.05, 0.1) is 24.3 Å². The van der Waals surface area contributed by atoms with Gasteiger partial charge in [0.2, 0.25) is 0 Å². The molecule has 5 heteroatoms. The first-order valence-electron chi connectivity index (χ1n) is 5.84. The van der Waals surface area contributed by atoms with E-state index in [4.69, 9.17) is 4.74 Å². The number of phenolic OH excluding ortho intramolecular Hbond substituents is 1. The zero-order valence-corrected chi connectivity index (χ0v) is 10.7. The van der Waals surface area contributed by atoms with Crippen molar-refractivity contribution in [3.8, 4) is 22.9 Å². The number of phenols is 1. The van der Waals surface area contributed by atoms with Gasteiger partial charge in [-0.3, -0.25) is 4.98 Å². The van der Waals surface area contributed by atoms with Crippen molar-refractivity contribution in [3.63, 3.8) is 0 Å². The van der Waals surface area contributed by atoms with Crippen LogP contribution in [0.4, 0.5) is 0 Å². The summed E-state index contributed by atoms with van der Waals surface area (Å²) in [5, 5.41) is 9.84. The van der Waals surface area contributed by atoms with Gasteiger partial charge in [-0.15, -0.1) is 0 Å². The van der Waals surface area contributed by atoms with Gasteiger partial charge in [0.15, 0.2) is 11.5 Å². The van der Waals surface area contributed by atoms with Gasteiger partial charge in [0.25, 0.3) is 0 Å². The van der Waals surface area contributed by atoms with Crippen molar-refractivity contribution in [2.24, 2.45) is 7.05 Å². The van der Waals surface area contributed by atoms with E-state index in [9.17, 15) is 5.11 Å². The predicted molar refractivity (Wildman–Crippen MR) is 72.2 cm³/mol. The van der Waals surface area contributed by atoms with Crippen LogP contribution in [0.3, 0.4) is 0 Å². The van der Waals surface area contributed by atoms with Gasteiger partial charge >= 0.3 is 0 Å². The average molecular weight is 255 g/mol. The predicted octanol–water partition coefficient (Wildman–Crippen LogP) is 2.35. The molecule has 0 bridgehead atoms. The Hall–Kier alpha value is -2.56. The first kappa shape index (κ1) is 11.5. The normalized spacial score (nSPS) is 10.8. The molecule has 0 spiro atoms. The summed E-state index contributed by atoms with van der Waals surface area (Å²) < 4.78 is 6.99. The molecule has 0 saturated carbocycles. The average Bonchev–Trinajstić information content (AvgIpc) is 2.77. The molecule has 0 radical (unpaired) electrons. The summed E-state index contributed by atoms with van der Waals surface area (Å²) in [5.41, 5.74) is 2.66. The van der Waals surface area contributed by atoms with Crippen LogP contribution in [0.5, 0.6) is 11.5 Å². The van der Waals surface area contributed by atoms with Crippen molar-refractivity contribution in [2.75, 3.05) is 7.11 Å². The summed E-state index contributed by atoms with van der Waals surface area (Å²) in [4.78, 5) is 8.65. The zero-order chi connectivity index (χ0) is 13.4. The van der Waals surface area contributed by atoms with Gasteiger partial charge in [-0.1, -0.05) is 0 Å². The Morgan fingerprint density at radius 1 is 1.26 bits per heavy atom. The van der Waals surface area contributed by atoms with Crippen molar-refractivity contribution in [3.05, 3.63) is 36.7 Å². The van der Waals surface area contributed by atoms with E-state index in [1.165, 1.54) is 7.11 Å². The first-order chi connectivity index (χ1) is 9.20. The highest BCUT2D eigenvalue weighted by Crippen LogP contribution is 2.31. The van der Waals surface area contributed by atoms with E-state index in [-0.39, 0.29) is 5.75 Å². The Morgan fingerprint density at radius 2 is 2.11 bits per heavy atom. The standard InChI is InChI=1S/C14H13N3O2/c1-17-11-8-15-6-5-10(11)16-14(17)9-3-4-13(19-2)12(18)7-9/h3-8,18H,1-2H3. The monoisotopic (exact) mass is 255 g/mol. The first-order valence-corrected chi connectivity index (χ1v) is 5.84. The number of imidazole rings is 1. The molecule has 0 unspecified atom stereocenters. The zero-order valence-electron chi connectivity index (χ0n) is 10.7. The molecule has 2 aromatic heterocycles. The van der Waals surface area contributed by atoms with E-state index in [1.54, 1.807) is 24.5 Å². The molecule has 0 fully saturated rings. The summed E-state index contributed by atoms with van der Waals surface area (Å²) in [6.07, 6.45) is 3.49. The number of ether oxygens (including phenoxy) is 1. The molecule has 1 N–H and O–H groups in total. The lowest BCUT2D eigenvalue weighted by Gasteiger charge is -2.06. The van der Waals surface area contributed by atoms with Crippen LogP contribution in [0.25, 0.3) is 22.4 Å². The second-order valence-corrected chi connectivity index (χ2v) is 4.25. The number of pyridine rings is 1. The van der Waals surface area contributed by atoms with Gasteiger partial charge in [0.1, 0.15) is 5.82 Å².